The standard InChI is InChI=1S/C15H15NO3/c1-10(11-5-3-2-4-6-11)19-14-8-7-12(16)9-13(14)15(17)18/h2-10H,16H2,1H3,(H,17,18). The van der Waals surface area contributed by atoms with Gasteiger partial charge in [0.15, 0.2) is 0 Å². The molecule has 0 aromatic heterocycles. The van der Waals surface area contributed by atoms with Crippen LogP contribution in [0.3, 0.4) is 0 Å². The van der Waals surface area contributed by atoms with Gasteiger partial charge in [-0.3, -0.25) is 0 Å². The third kappa shape index (κ3) is 3.04. The summed E-state index contributed by atoms with van der Waals surface area (Å²) in [7, 11) is 0. The Bertz CT molecular complexity index is 581. The number of nitrogens with two attached hydrogens (primary N) is 1. The number of anilines is 1. The van der Waals surface area contributed by atoms with Crippen LogP contribution in [-0.4, -0.2) is 11.1 Å². The molecule has 0 amide bonds. The number of carboxylic acids is 1. The Morgan fingerprint density at radius 1 is 1.21 bits per heavy atom. The van der Waals surface area contributed by atoms with Crippen LogP contribution >= 0.6 is 0 Å². The summed E-state index contributed by atoms with van der Waals surface area (Å²) < 4.78 is 5.71. The van der Waals surface area contributed by atoms with Crippen molar-refractivity contribution < 1.29 is 14.6 Å². The Balaban J connectivity index is 2.26. The van der Waals surface area contributed by atoms with Crippen molar-refractivity contribution >= 4 is 11.7 Å². The molecule has 0 heterocycles. The lowest BCUT2D eigenvalue weighted by Crippen LogP contribution is -2.08. The van der Waals surface area contributed by atoms with E-state index >= 15 is 0 Å². The number of hydrogen-bond acceptors (Lipinski definition) is 3. The van der Waals surface area contributed by atoms with Crippen LogP contribution in [0.15, 0.2) is 48.5 Å². The Labute approximate surface area is 111 Å². The van der Waals surface area contributed by atoms with Gasteiger partial charge in [-0.15, -0.1) is 0 Å². The fourth-order valence-electron chi connectivity index (χ4n) is 1.80. The molecule has 0 saturated carbocycles. The number of carbonyl (C=O) groups is 1. The van der Waals surface area contributed by atoms with Crippen LogP contribution in [0.25, 0.3) is 0 Å². The molecule has 1 atom stereocenters. The van der Waals surface area contributed by atoms with Gasteiger partial charge in [0.1, 0.15) is 17.4 Å². The first-order chi connectivity index (χ1) is 9.08. The van der Waals surface area contributed by atoms with Gasteiger partial charge in [-0.25, -0.2) is 4.79 Å². The molecule has 0 aliphatic carbocycles. The molecule has 4 nitrogen and oxygen atoms in total. The highest BCUT2D eigenvalue weighted by Crippen LogP contribution is 2.27. The van der Waals surface area contributed by atoms with Gasteiger partial charge in [0.2, 0.25) is 0 Å². The van der Waals surface area contributed by atoms with E-state index in [2.05, 4.69) is 0 Å². The zero-order valence-electron chi connectivity index (χ0n) is 10.5. The average molecular weight is 257 g/mol. The number of carboxylic acid groups (broad SMARTS) is 1. The molecule has 3 N–H and O–H groups in total. The zero-order valence-corrected chi connectivity index (χ0v) is 10.5. The smallest absolute Gasteiger partial charge is 0.339 e. The molecule has 0 aliphatic heterocycles. The van der Waals surface area contributed by atoms with Gasteiger partial charge >= 0.3 is 5.97 Å². The van der Waals surface area contributed by atoms with Crippen LogP contribution in [0.1, 0.15) is 28.9 Å². The predicted molar refractivity (Wildman–Crippen MR) is 73.3 cm³/mol. The number of hydrogen-bond donors (Lipinski definition) is 2. The van der Waals surface area contributed by atoms with Crippen molar-refractivity contribution in [2.45, 2.75) is 13.0 Å². The maximum absolute atomic E-state index is 11.2. The second-order valence-electron chi connectivity index (χ2n) is 4.23. The molecular weight excluding hydrogens is 242 g/mol. The van der Waals surface area contributed by atoms with Gasteiger partial charge in [-0.1, -0.05) is 30.3 Å². The minimum Gasteiger partial charge on any atom is -0.485 e. The second kappa shape index (κ2) is 5.44. The summed E-state index contributed by atoms with van der Waals surface area (Å²) in [5.74, 6) is -0.736. The van der Waals surface area contributed by atoms with Crippen LogP contribution in [0, 0.1) is 0 Å². The first-order valence-corrected chi connectivity index (χ1v) is 5.92. The number of nitrogen functional groups attached to an aromatic ring is 1. The SMILES string of the molecule is CC(Oc1ccc(N)cc1C(=O)O)c1ccccc1. The lowest BCUT2D eigenvalue weighted by molar-refractivity contribution is 0.0690. The Morgan fingerprint density at radius 2 is 1.89 bits per heavy atom. The van der Waals surface area contributed by atoms with Gasteiger partial charge in [0.25, 0.3) is 0 Å². The van der Waals surface area contributed by atoms with Crippen LogP contribution in [0.2, 0.25) is 0 Å². The molecule has 0 radical (unpaired) electrons. The second-order valence-corrected chi connectivity index (χ2v) is 4.23. The number of benzene rings is 2. The number of aromatic carboxylic acids is 1. The molecule has 19 heavy (non-hydrogen) atoms. The van der Waals surface area contributed by atoms with Gasteiger partial charge in [0.05, 0.1) is 0 Å². The Morgan fingerprint density at radius 3 is 2.53 bits per heavy atom. The maximum atomic E-state index is 11.2. The normalized spacial score (nSPS) is 11.8. The van der Waals surface area contributed by atoms with E-state index in [0.717, 1.165) is 5.56 Å². The van der Waals surface area contributed by atoms with E-state index in [9.17, 15) is 4.79 Å². The third-order valence-corrected chi connectivity index (χ3v) is 2.81. The van der Waals surface area contributed by atoms with Crippen LogP contribution in [0.4, 0.5) is 5.69 Å². The van der Waals surface area contributed by atoms with Crippen molar-refractivity contribution in [1.82, 2.24) is 0 Å². The van der Waals surface area contributed by atoms with Gasteiger partial charge in [-0.05, 0) is 30.7 Å². The highest BCUT2D eigenvalue weighted by Gasteiger charge is 2.15. The van der Waals surface area contributed by atoms with Crippen molar-refractivity contribution in [3.8, 4) is 5.75 Å². The molecule has 2 rings (SSSR count). The van der Waals surface area contributed by atoms with E-state index < -0.39 is 5.97 Å². The molecule has 0 saturated heterocycles. The summed E-state index contributed by atoms with van der Waals surface area (Å²) in [6, 6.07) is 14.2. The Kier molecular flexibility index (Phi) is 3.71. The summed E-state index contributed by atoms with van der Waals surface area (Å²) >= 11 is 0. The van der Waals surface area contributed by atoms with E-state index in [-0.39, 0.29) is 11.7 Å². The number of ether oxygens (including phenoxy) is 1. The zero-order chi connectivity index (χ0) is 13.8. The molecule has 2 aromatic carbocycles. The van der Waals surface area contributed by atoms with E-state index in [1.807, 2.05) is 37.3 Å². The van der Waals surface area contributed by atoms with Crippen molar-refractivity contribution in [2.75, 3.05) is 5.73 Å². The first kappa shape index (κ1) is 13.0. The van der Waals surface area contributed by atoms with Crippen molar-refractivity contribution in [2.24, 2.45) is 0 Å². The highest BCUT2D eigenvalue weighted by molar-refractivity contribution is 5.92. The van der Waals surface area contributed by atoms with E-state index in [4.69, 9.17) is 15.6 Å². The van der Waals surface area contributed by atoms with Crippen LogP contribution in [0.5, 0.6) is 5.75 Å². The molecule has 0 bridgehead atoms. The summed E-state index contributed by atoms with van der Waals surface area (Å²) in [6.07, 6.45) is -0.233. The molecule has 0 spiro atoms. The molecule has 2 aromatic rings. The summed E-state index contributed by atoms with van der Waals surface area (Å²) in [5, 5.41) is 9.14. The maximum Gasteiger partial charge on any atom is 0.339 e. The number of rotatable bonds is 4. The molecule has 1 unspecified atom stereocenters. The fourth-order valence-corrected chi connectivity index (χ4v) is 1.80. The molecule has 0 aliphatic rings. The lowest BCUT2D eigenvalue weighted by Gasteiger charge is -2.16. The van der Waals surface area contributed by atoms with Crippen LogP contribution < -0.4 is 10.5 Å². The topological polar surface area (TPSA) is 72.5 Å². The van der Waals surface area contributed by atoms with Crippen molar-refractivity contribution in [1.29, 1.82) is 0 Å². The fraction of sp³-hybridized carbons (Fsp3) is 0.133. The quantitative estimate of drug-likeness (QED) is 0.825. The summed E-state index contributed by atoms with van der Waals surface area (Å²) in [5.41, 5.74) is 7.04. The van der Waals surface area contributed by atoms with E-state index in [0.29, 0.717) is 11.4 Å². The molecule has 0 fully saturated rings. The van der Waals surface area contributed by atoms with Crippen molar-refractivity contribution in [3.05, 3.63) is 59.7 Å². The molecule has 4 heteroatoms. The minimum absolute atomic E-state index is 0.0720. The highest BCUT2D eigenvalue weighted by atomic mass is 16.5. The Hall–Kier alpha value is -2.49. The summed E-state index contributed by atoms with van der Waals surface area (Å²) in [4.78, 5) is 11.2. The monoisotopic (exact) mass is 257 g/mol. The molecule has 98 valence electrons. The largest absolute Gasteiger partial charge is 0.485 e. The van der Waals surface area contributed by atoms with Crippen molar-refractivity contribution in [3.63, 3.8) is 0 Å². The van der Waals surface area contributed by atoms with E-state index in [1.165, 1.54) is 6.07 Å². The van der Waals surface area contributed by atoms with E-state index in [1.54, 1.807) is 12.1 Å². The summed E-state index contributed by atoms with van der Waals surface area (Å²) in [6.45, 7) is 1.87. The average Bonchev–Trinajstić information content (AvgIpc) is 2.41. The predicted octanol–water partition coefficient (Wildman–Crippen LogP) is 3.11. The van der Waals surface area contributed by atoms with Gasteiger partial charge in [-0.2, -0.15) is 0 Å². The minimum atomic E-state index is -1.05. The third-order valence-electron chi connectivity index (χ3n) is 2.81. The van der Waals surface area contributed by atoms with Crippen LogP contribution in [-0.2, 0) is 0 Å². The van der Waals surface area contributed by atoms with Gasteiger partial charge < -0.3 is 15.6 Å². The first-order valence-electron chi connectivity index (χ1n) is 5.92. The lowest BCUT2D eigenvalue weighted by atomic mass is 10.1. The van der Waals surface area contributed by atoms with Gasteiger partial charge in [0, 0.05) is 5.69 Å². The molecular formula is C15H15NO3.